The third kappa shape index (κ3) is 61.4. The lowest BCUT2D eigenvalue weighted by Crippen LogP contribution is -2.30. The Morgan fingerprint density at radius 2 is 0.624 bits per heavy atom. The standard InChI is InChI=1S/C67H112O16P2/c1-4-7-10-13-16-19-22-24-26-28-30-32-34-36-39-41-44-47-50-53-65(70)77-56-62(68)57-79-84(73,74)80-58-63(69)59-81-85(75,76)82-61-64(83-67(72)55-52-49-46-43-38-21-18-15-12-9-6-3)60-78-66(71)54-51-48-45-42-40-37-35-33-31-29-27-25-23-20-17-14-11-8-5-2/h7-8,10-11,16-17,19-20,24-27,30-33,36-37,39-40,62-64,68-69H,4-6,9,12-15,18,21-23,28-29,34-35,38,41-61H2,1-3H3,(H,73,74)(H,75,76)/b10-7-,11-8-,19-16-,20-17-,26-24-,27-25-,32-30-,33-31-,39-36-,40-37-. The van der Waals surface area contributed by atoms with Crippen molar-refractivity contribution in [1.82, 2.24) is 0 Å². The van der Waals surface area contributed by atoms with Crippen molar-refractivity contribution in [3.05, 3.63) is 122 Å². The summed E-state index contributed by atoms with van der Waals surface area (Å²) in [4.78, 5) is 58.2. The number of phosphoric acid groups is 2. The number of aliphatic hydroxyl groups is 2. The van der Waals surface area contributed by atoms with E-state index in [9.17, 15) is 43.5 Å². The van der Waals surface area contributed by atoms with Gasteiger partial charge < -0.3 is 34.2 Å². The van der Waals surface area contributed by atoms with Gasteiger partial charge in [-0.15, -0.1) is 0 Å². The number of hydrogen-bond donors (Lipinski definition) is 4. The Morgan fingerprint density at radius 3 is 0.988 bits per heavy atom. The number of aliphatic hydroxyl groups excluding tert-OH is 2. The number of rotatable bonds is 59. The molecular weight excluding hydrogens is 1120 g/mol. The second-order valence-corrected chi connectivity index (χ2v) is 23.7. The van der Waals surface area contributed by atoms with Gasteiger partial charge in [0.2, 0.25) is 0 Å². The molecule has 16 nitrogen and oxygen atoms in total. The molecule has 5 unspecified atom stereocenters. The van der Waals surface area contributed by atoms with Crippen molar-refractivity contribution in [2.24, 2.45) is 0 Å². The van der Waals surface area contributed by atoms with Crippen molar-refractivity contribution in [2.75, 3.05) is 39.6 Å². The van der Waals surface area contributed by atoms with Crippen molar-refractivity contribution in [3.8, 4) is 0 Å². The van der Waals surface area contributed by atoms with Gasteiger partial charge in [0.05, 0.1) is 26.4 Å². The number of carbonyl (C=O) groups is 3. The van der Waals surface area contributed by atoms with Gasteiger partial charge in [-0.1, -0.05) is 219 Å². The number of esters is 3. The van der Waals surface area contributed by atoms with Crippen molar-refractivity contribution >= 4 is 33.6 Å². The Bertz CT molecular complexity index is 2040. The van der Waals surface area contributed by atoms with Crippen molar-refractivity contribution in [1.29, 1.82) is 0 Å². The second kappa shape index (κ2) is 60.2. The fourth-order valence-corrected chi connectivity index (χ4v) is 9.44. The molecule has 5 atom stereocenters. The van der Waals surface area contributed by atoms with Gasteiger partial charge in [0, 0.05) is 19.3 Å². The highest BCUT2D eigenvalue weighted by Crippen LogP contribution is 2.45. The second-order valence-electron chi connectivity index (χ2n) is 20.8. The van der Waals surface area contributed by atoms with E-state index < -0.39 is 91.5 Å². The predicted octanol–water partition coefficient (Wildman–Crippen LogP) is 17.1. The summed E-state index contributed by atoms with van der Waals surface area (Å²) in [6.07, 6.45) is 66.9. The summed E-state index contributed by atoms with van der Waals surface area (Å²) in [6.45, 7) is 2.32. The number of allylic oxidation sites excluding steroid dienone is 20. The fraction of sp³-hybridized carbons (Fsp3) is 0.657. The average molecular weight is 1240 g/mol. The van der Waals surface area contributed by atoms with Crippen molar-refractivity contribution < 1.29 is 75.8 Å². The van der Waals surface area contributed by atoms with Gasteiger partial charge in [0.25, 0.3) is 0 Å². The van der Waals surface area contributed by atoms with E-state index in [1.807, 2.05) is 0 Å². The van der Waals surface area contributed by atoms with Gasteiger partial charge in [-0.25, -0.2) is 9.13 Å². The number of ether oxygens (including phenoxy) is 3. The SMILES string of the molecule is CC/C=C\C/C=C\C/C=C\C/C=C\C/C=C\CCCCCC(=O)OCC(O)COP(=O)(O)OCC(O)COP(=O)(O)OCC(COC(=O)CCCCC/C=C\C/C=C\C/C=C\C/C=C\C/C=C\CC)OC(=O)CCCCCCCCCCCCC. The van der Waals surface area contributed by atoms with Crippen LogP contribution in [-0.4, -0.2) is 95.9 Å². The van der Waals surface area contributed by atoms with Crippen LogP contribution in [0.1, 0.15) is 226 Å². The summed E-state index contributed by atoms with van der Waals surface area (Å²) in [7, 11) is -9.79. The quantitative estimate of drug-likeness (QED) is 0.0146. The molecule has 0 bridgehead atoms. The molecule has 0 spiro atoms. The summed E-state index contributed by atoms with van der Waals surface area (Å²) >= 11 is 0. The maximum atomic E-state index is 12.9. The molecule has 0 saturated carbocycles. The largest absolute Gasteiger partial charge is 0.472 e. The van der Waals surface area contributed by atoms with E-state index in [-0.39, 0.29) is 19.3 Å². The molecule has 0 saturated heterocycles. The average Bonchev–Trinajstić information content (AvgIpc) is 3.60. The zero-order valence-corrected chi connectivity index (χ0v) is 54.0. The van der Waals surface area contributed by atoms with Crippen LogP contribution < -0.4 is 0 Å². The van der Waals surface area contributed by atoms with Gasteiger partial charge >= 0.3 is 33.6 Å². The molecular formula is C67H112O16P2. The number of hydrogen-bond acceptors (Lipinski definition) is 14. The van der Waals surface area contributed by atoms with Crippen LogP contribution in [0.25, 0.3) is 0 Å². The Hall–Kier alpha value is -4.05. The van der Waals surface area contributed by atoms with E-state index in [0.717, 1.165) is 128 Å². The molecule has 0 aromatic carbocycles. The van der Waals surface area contributed by atoms with E-state index in [1.54, 1.807) is 0 Å². The zero-order valence-electron chi connectivity index (χ0n) is 52.2. The molecule has 18 heteroatoms. The fourth-order valence-electron chi connectivity index (χ4n) is 7.86. The molecule has 85 heavy (non-hydrogen) atoms. The minimum atomic E-state index is -4.93. The first kappa shape index (κ1) is 81.0. The molecule has 4 N–H and O–H groups in total. The lowest BCUT2D eigenvalue weighted by Gasteiger charge is -2.21. The smallest absolute Gasteiger partial charge is 0.463 e. The summed E-state index contributed by atoms with van der Waals surface area (Å²) in [5, 5.41) is 20.5. The highest BCUT2D eigenvalue weighted by Gasteiger charge is 2.29. The van der Waals surface area contributed by atoms with E-state index in [2.05, 4.69) is 142 Å². The van der Waals surface area contributed by atoms with Crippen LogP contribution in [-0.2, 0) is 55.8 Å². The first-order valence-corrected chi connectivity index (χ1v) is 34.8. The van der Waals surface area contributed by atoms with Crippen LogP contribution in [0.15, 0.2) is 122 Å². The topological polar surface area (TPSA) is 231 Å². The monoisotopic (exact) mass is 1230 g/mol. The van der Waals surface area contributed by atoms with Gasteiger partial charge in [-0.05, 0) is 109 Å². The third-order valence-corrected chi connectivity index (χ3v) is 14.6. The highest BCUT2D eigenvalue weighted by atomic mass is 31.2. The predicted molar refractivity (Wildman–Crippen MR) is 343 cm³/mol. The first-order chi connectivity index (χ1) is 41.2. The molecule has 0 aliphatic heterocycles. The number of unbranched alkanes of at least 4 members (excludes halogenated alkanes) is 16. The van der Waals surface area contributed by atoms with Crippen molar-refractivity contribution in [2.45, 2.75) is 245 Å². The Balaban J connectivity index is 4.70. The van der Waals surface area contributed by atoms with Crippen LogP contribution in [0.3, 0.4) is 0 Å². The van der Waals surface area contributed by atoms with Crippen LogP contribution in [0.4, 0.5) is 0 Å². The summed E-state index contributed by atoms with van der Waals surface area (Å²) in [5.74, 6) is -1.65. The lowest BCUT2D eigenvalue weighted by molar-refractivity contribution is -0.161. The van der Waals surface area contributed by atoms with E-state index in [4.69, 9.17) is 32.3 Å². The zero-order chi connectivity index (χ0) is 62.4. The summed E-state index contributed by atoms with van der Waals surface area (Å²) in [6, 6.07) is 0. The van der Waals surface area contributed by atoms with Crippen LogP contribution in [0.2, 0.25) is 0 Å². The van der Waals surface area contributed by atoms with Crippen molar-refractivity contribution in [3.63, 3.8) is 0 Å². The molecule has 0 aromatic rings. The Labute approximate surface area is 512 Å². The van der Waals surface area contributed by atoms with E-state index in [1.165, 1.54) is 38.5 Å². The molecule has 0 fully saturated rings. The molecule has 0 aromatic heterocycles. The molecule has 0 heterocycles. The van der Waals surface area contributed by atoms with Crippen LogP contribution >= 0.6 is 15.6 Å². The minimum absolute atomic E-state index is 0.0952. The molecule has 0 radical (unpaired) electrons. The van der Waals surface area contributed by atoms with Gasteiger partial charge in [-0.2, -0.15) is 0 Å². The van der Waals surface area contributed by atoms with E-state index in [0.29, 0.717) is 19.3 Å². The third-order valence-electron chi connectivity index (χ3n) is 12.7. The normalized spacial score (nSPS) is 15.1. The number of carbonyl (C=O) groups excluding carboxylic acids is 3. The minimum Gasteiger partial charge on any atom is -0.463 e. The summed E-state index contributed by atoms with van der Waals surface area (Å²) in [5.41, 5.74) is 0. The van der Waals surface area contributed by atoms with Gasteiger partial charge in [0.1, 0.15) is 25.4 Å². The molecule has 0 aliphatic carbocycles. The van der Waals surface area contributed by atoms with Crippen LogP contribution in [0.5, 0.6) is 0 Å². The Morgan fingerprint density at radius 1 is 0.341 bits per heavy atom. The van der Waals surface area contributed by atoms with Gasteiger partial charge in [-0.3, -0.25) is 32.5 Å². The first-order valence-electron chi connectivity index (χ1n) is 31.8. The number of phosphoric ester groups is 2. The molecule has 486 valence electrons. The van der Waals surface area contributed by atoms with Gasteiger partial charge in [0.15, 0.2) is 6.10 Å². The summed E-state index contributed by atoms with van der Waals surface area (Å²) < 4.78 is 60.6. The molecule has 0 aliphatic rings. The van der Waals surface area contributed by atoms with Crippen LogP contribution in [0, 0.1) is 0 Å². The Kier molecular flexibility index (Phi) is 57.4. The maximum Gasteiger partial charge on any atom is 0.472 e. The maximum absolute atomic E-state index is 12.9. The lowest BCUT2D eigenvalue weighted by atomic mass is 10.1. The van der Waals surface area contributed by atoms with E-state index >= 15 is 0 Å². The molecule has 0 rings (SSSR count). The highest BCUT2D eigenvalue weighted by molar-refractivity contribution is 7.47. The molecule has 0 amide bonds.